The van der Waals surface area contributed by atoms with E-state index in [9.17, 15) is 14.9 Å². The van der Waals surface area contributed by atoms with Crippen LogP contribution >= 0.6 is 0 Å². The van der Waals surface area contributed by atoms with E-state index in [-0.39, 0.29) is 11.4 Å². The minimum absolute atomic E-state index is 0.109. The van der Waals surface area contributed by atoms with Crippen LogP contribution in [0.5, 0.6) is 0 Å². The number of nitrogens with one attached hydrogen (secondary N) is 1. The molecule has 0 aliphatic rings. The monoisotopic (exact) mass is 288 g/mol. The molecule has 0 saturated heterocycles. The molecule has 1 N–H and O–H groups in total. The Morgan fingerprint density at radius 3 is 2.24 bits per heavy atom. The molecule has 0 aromatic carbocycles. The predicted octanol–water partition coefficient (Wildman–Crippen LogP) is 0.0496. The smallest absolute Gasteiger partial charge is 0.332 e. The highest BCUT2D eigenvalue weighted by atomic mass is 16.2. The van der Waals surface area contributed by atoms with Crippen molar-refractivity contribution in [2.24, 2.45) is 21.1 Å². The molecule has 8 heteroatoms. The number of hydrogen-bond acceptors (Lipinski definition) is 5. The lowest BCUT2D eigenvalue weighted by Gasteiger charge is -2.13. The molecule has 0 spiro atoms. The third-order valence-corrected chi connectivity index (χ3v) is 3.53. The molecule has 2 aromatic rings. The summed E-state index contributed by atoms with van der Waals surface area (Å²) >= 11 is 0. The van der Waals surface area contributed by atoms with Gasteiger partial charge in [-0.3, -0.25) is 18.6 Å². The summed E-state index contributed by atoms with van der Waals surface area (Å²) in [6.45, 7) is 3.66. The van der Waals surface area contributed by atoms with E-state index in [1.165, 1.54) is 18.7 Å². The summed E-state index contributed by atoms with van der Waals surface area (Å²) in [5.74, 6) is 0.171. The number of aromatic nitrogens is 4. The van der Waals surface area contributed by atoms with E-state index in [1.807, 2.05) is 13.0 Å². The molecule has 0 aliphatic heterocycles. The Labute approximate surface area is 120 Å². The van der Waals surface area contributed by atoms with Crippen molar-refractivity contribution in [1.29, 1.82) is 5.26 Å². The van der Waals surface area contributed by atoms with Crippen LogP contribution in [0.2, 0.25) is 0 Å². The number of aryl methyl sites for hydroxylation is 2. The lowest BCUT2D eigenvalue weighted by Crippen LogP contribution is -2.39. The zero-order chi connectivity index (χ0) is 15.9. The van der Waals surface area contributed by atoms with Crippen molar-refractivity contribution in [2.75, 3.05) is 5.32 Å². The average Bonchev–Trinajstić information content (AvgIpc) is 2.69. The molecule has 0 fully saturated rings. The second-order valence-corrected chi connectivity index (χ2v) is 4.84. The van der Waals surface area contributed by atoms with Gasteiger partial charge in [0.2, 0.25) is 0 Å². The van der Waals surface area contributed by atoms with Crippen LogP contribution in [0.3, 0.4) is 0 Å². The number of rotatable bonds is 2. The molecule has 2 aromatic heterocycles. The van der Waals surface area contributed by atoms with Crippen LogP contribution in [-0.4, -0.2) is 18.9 Å². The standard InChI is InChI=1S/C13H16N6O2/c1-7-10(8(2)19(5)16-7)15-11-9(6-14)12(20)18(4)13(21)17(11)3/h15H,1-5H3. The van der Waals surface area contributed by atoms with E-state index in [1.54, 1.807) is 18.7 Å². The van der Waals surface area contributed by atoms with Crippen LogP contribution in [0, 0.1) is 25.2 Å². The summed E-state index contributed by atoms with van der Waals surface area (Å²) in [7, 11) is 4.64. The second-order valence-electron chi connectivity index (χ2n) is 4.84. The molecule has 0 radical (unpaired) electrons. The van der Waals surface area contributed by atoms with Crippen molar-refractivity contribution in [3.63, 3.8) is 0 Å². The molecule has 0 unspecified atom stereocenters. The third-order valence-electron chi connectivity index (χ3n) is 3.53. The highest BCUT2D eigenvalue weighted by Gasteiger charge is 2.18. The van der Waals surface area contributed by atoms with E-state index in [2.05, 4.69) is 10.4 Å². The maximum absolute atomic E-state index is 12.0. The molecule has 2 rings (SSSR count). The van der Waals surface area contributed by atoms with Gasteiger partial charge >= 0.3 is 5.69 Å². The van der Waals surface area contributed by atoms with Gasteiger partial charge in [-0.15, -0.1) is 0 Å². The Hall–Kier alpha value is -2.82. The highest BCUT2D eigenvalue weighted by Crippen LogP contribution is 2.23. The van der Waals surface area contributed by atoms with Crippen molar-refractivity contribution >= 4 is 11.5 Å². The topological polar surface area (TPSA) is 97.6 Å². The van der Waals surface area contributed by atoms with Crippen molar-refractivity contribution < 1.29 is 0 Å². The highest BCUT2D eigenvalue weighted by molar-refractivity contribution is 5.66. The van der Waals surface area contributed by atoms with Gasteiger partial charge in [0, 0.05) is 21.1 Å². The minimum atomic E-state index is -0.623. The van der Waals surface area contributed by atoms with E-state index in [4.69, 9.17) is 0 Å². The molecule has 110 valence electrons. The van der Waals surface area contributed by atoms with Gasteiger partial charge in [0.05, 0.1) is 17.1 Å². The molecule has 0 amide bonds. The van der Waals surface area contributed by atoms with Crippen LogP contribution in [0.25, 0.3) is 0 Å². The van der Waals surface area contributed by atoms with Crippen LogP contribution in [0.4, 0.5) is 11.5 Å². The Morgan fingerprint density at radius 2 is 1.76 bits per heavy atom. The Bertz CT molecular complexity index is 878. The van der Waals surface area contributed by atoms with Crippen LogP contribution in [-0.2, 0) is 21.1 Å². The molecule has 21 heavy (non-hydrogen) atoms. The maximum Gasteiger partial charge on any atom is 0.332 e. The largest absolute Gasteiger partial charge is 0.337 e. The van der Waals surface area contributed by atoms with Gasteiger partial charge in [-0.25, -0.2) is 4.79 Å². The SMILES string of the molecule is Cc1nn(C)c(C)c1Nc1c(C#N)c(=O)n(C)c(=O)n1C. The van der Waals surface area contributed by atoms with Gasteiger partial charge < -0.3 is 5.32 Å². The van der Waals surface area contributed by atoms with Gasteiger partial charge in [0.1, 0.15) is 11.9 Å². The summed E-state index contributed by atoms with van der Waals surface area (Å²) < 4.78 is 3.83. The molecular weight excluding hydrogens is 272 g/mol. The van der Waals surface area contributed by atoms with Gasteiger partial charge in [0.15, 0.2) is 5.56 Å². The van der Waals surface area contributed by atoms with E-state index >= 15 is 0 Å². The number of nitrogens with zero attached hydrogens (tertiary/aromatic N) is 5. The third kappa shape index (κ3) is 2.12. The molecule has 2 heterocycles. The lowest BCUT2D eigenvalue weighted by molar-refractivity contribution is 0.689. The molecule has 8 nitrogen and oxygen atoms in total. The molecule has 0 bridgehead atoms. The van der Waals surface area contributed by atoms with Crippen LogP contribution < -0.4 is 16.6 Å². The first-order chi connectivity index (χ1) is 9.79. The predicted molar refractivity (Wildman–Crippen MR) is 77.6 cm³/mol. The van der Waals surface area contributed by atoms with Gasteiger partial charge in [-0.05, 0) is 13.8 Å². The average molecular weight is 288 g/mol. The van der Waals surface area contributed by atoms with Crippen LogP contribution in [0.15, 0.2) is 9.59 Å². The maximum atomic E-state index is 12.0. The van der Waals surface area contributed by atoms with Crippen molar-refractivity contribution in [3.05, 3.63) is 37.8 Å². The van der Waals surface area contributed by atoms with Gasteiger partial charge in [0.25, 0.3) is 5.56 Å². The van der Waals surface area contributed by atoms with Crippen molar-refractivity contribution in [3.8, 4) is 6.07 Å². The summed E-state index contributed by atoms with van der Waals surface area (Å²) in [5.41, 5.74) is 0.999. The Balaban J connectivity index is 2.74. The minimum Gasteiger partial charge on any atom is -0.337 e. The number of anilines is 2. The Morgan fingerprint density at radius 1 is 1.14 bits per heavy atom. The quantitative estimate of drug-likeness (QED) is 0.842. The fourth-order valence-corrected chi connectivity index (χ4v) is 2.16. The van der Waals surface area contributed by atoms with E-state index in [0.29, 0.717) is 11.4 Å². The normalized spacial score (nSPS) is 10.5. The van der Waals surface area contributed by atoms with Crippen molar-refractivity contribution in [2.45, 2.75) is 13.8 Å². The molecular formula is C13H16N6O2. The fraction of sp³-hybridized carbons (Fsp3) is 0.385. The second kappa shape index (κ2) is 4.94. The zero-order valence-corrected chi connectivity index (χ0v) is 12.6. The number of nitriles is 1. The van der Waals surface area contributed by atoms with E-state index < -0.39 is 11.2 Å². The lowest BCUT2D eigenvalue weighted by atomic mass is 10.2. The van der Waals surface area contributed by atoms with Gasteiger partial charge in [-0.1, -0.05) is 0 Å². The first kappa shape index (κ1) is 14.6. The molecule has 0 saturated carbocycles. The van der Waals surface area contributed by atoms with E-state index in [0.717, 1.165) is 10.3 Å². The summed E-state index contributed by atoms with van der Waals surface area (Å²) in [4.78, 5) is 24.0. The number of hydrogen-bond donors (Lipinski definition) is 1. The Kier molecular flexibility index (Phi) is 3.43. The first-order valence-corrected chi connectivity index (χ1v) is 6.27. The zero-order valence-electron chi connectivity index (χ0n) is 12.6. The van der Waals surface area contributed by atoms with Crippen LogP contribution in [0.1, 0.15) is 17.0 Å². The molecule has 0 atom stereocenters. The molecule has 0 aliphatic carbocycles. The summed E-state index contributed by atoms with van der Waals surface area (Å²) in [6.07, 6.45) is 0. The summed E-state index contributed by atoms with van der Waals surface area (Å²) in [5, 5.41) is 16.5. The first-order valence-electron chi connectivity index (χ1n) is 6.27. The van der Waals surface area contributed by atoms with Crippen molar-refractivity contribution in [1.82, 2.24) is 18.9 Å². The van der Waals surface area contributed by atoms with Gasteiger partial charge in [-0.2, -0.15) is 10.4 Å². The fourth-order valence-electron chi connectivity index (χ4n) is 2.16. The summed E-state index contributed by atoms with van der Waals surface area (Å²) in [6, 6.07) is 1.86.